The van der Waals surface area contributed by atoms with Gasteiger partial charge in [0.25, 0.3) is 5.84 Å². The number of nitrogens with zero attached hydrogens (tertiary/aromatic N) is 2. The number of nitrogens with two attached hydrogens (primary N) is 1. The summed E-state index contributed by atoms with van der Waals surface area (Å²) in [6.07, 6.45) is 3.53. The van der Waals surface area contributed by atoms with Crippen LogP contribution in [0, 0.1) is 44.8 Å². The number of nitrogens with one attached hydrogen (secondary N) is 1. The fourth-order valence-corrected chi connectivity index (χ4v) is 5.45. The van der Waals surface area contributed by atoms with E-state index in [0.717, 1.165) is 25.7 Å². The molecule has 6 nitrogen and oxygen atoms in total. The SMILES string of the molecule is CC1CCC2(CC1)[C@]1(C#N)[C@@]3([NH+]=C(N)[C@]21C#N)OC[C@H](C)O3. The quantitative estimate of drug-likeness (QED) is 0.642. The van der Waals surface area contributed by atoms with E-state index in [1.54, 1.807) is 0 Å². The third kappa shape index (κ3) is 1.06. The molecule has 6 heteroatoms. The van der Waals surface area contributed by atoms with Gasteiger partial charge in [-0.25, -0.2) is 4.99 Å². The van der Waals surface area contributed by atoms with Crippen molar-refractivity contribution in [3.8, 4) is 12.1 Å². The molecule has 2 aliphatic carbocycles. The Balaban J connectivity index is 1.89. The molecule has 2 saturated carbocycles. The highest BCUT2D eigenvalue weighted by molar-refractivity contribution is 5.95. The predicted octanol–water partition coefficient (Wildman–Crippen LogP) is -0.243. The predicted molar refractivity (Wildman–Crippen MR) is 75.5 cm³/mol. The molecule has 116 valence electrons. The maximum absolute atomic E-state index is 10.1. The number of rotatable bonds is 0. The van der Waals surface area contributed by atoms with E-state index in [2.05, 4.69) is 24.1 Å². The molecule has 0 aromatic rings. The summed E-state index contributed by atoms with van der Waals surface area (Å²) >= 11 is 0. The van der Waals surface area contributed by atoms with Gasteiger partial charge in [0, 0.05) is 5.41 Å². The van der Waals surface area contributed by atoms with Gasteiger partial charge in [-0.05, 0) is 25.7 Å². The summed E-state index contributed by atoms with van der Waals surface area (Å²) in [4.78, 5) is 3.03. The van der Waals surface area contributed by atoms with Crippen LogP contribution >= 0.6 is 0 Å². The summed E-state index contributed by atoms with van der Waals surface area (Å²) in [7, 11) is 0. The Bertz CT molecular complexity index is 654. The van der Waals surface area contributed by atoms with Crippen LogP contribution < -0.4 is 10.7 Å². The second kappa shape index (κ2) is 3.82. The topological polar surface area (TPSA) is 106 Å². The highest BCUT2D eigenvalue weighted by Gasteiger charge is 3.03. The monoisotopic (exact) mass is 301 g/mol. The lowest BCUT2D eigenvalue weighted by molar-refractivity contribution is -0.680. The molecule has 0 aromatic heterocycles. The molecule has 0 unspecified atom stereocenters. The van der Waals surface area contributed by atoms with Gasteiger partial charge < -0.3 is 9.47 Å². The summed E-state index contributed by atoms with van der Waals surface area (Å²) in [5.74, 6) is -0.296. The van der Waals surface area contributed by atoms with E-state index in [9.17, 15) is 10.5 Å². The first-order valence-electron chi connectivity index (χ1n) is 8.01. The standard InChI is InChI=1S/C16H20N4O2/c1-10-3-5-13(6-4-10)14(8-17)12(19)20-16(15(13,14)9-18)21-7-11(2)22-16/h10-11H,3-7H2,1-2H3,(H2,19,20)/p+1/t10?,11-,13?,14+,15-,16+/m0/s1. The van der Waals surface area contributed by atoms with Crippen LogP contribution in [0.5, 0.6) is 0 Å². The Hall–Kier alpha value is -1.63. The van der Waals surface area contributed by atoms with Gasteiger partial charge in [-0.15, -0.1) is 0 Å². The maximum atomic E-state index is 10.1. The molecule has 22 heavy (non-hydrogen) atoms. The second-order valence-corrected chi connectivity index (χ2v) is 7.38. The number of hydrogen-bond acceptors (Lipinski definition) is 5. The molecule has 0 aromatic carbocycles. The van der Waals surface area contributed by atoms with Crippen molar-refractivity contribution in [1.82, 2.24) is 0 Å². The number of ether oxygens (including phenoxy) is 2. The lowest BCUT2D eigenvalue weighted by Gasteiger charge is -2.33. The van der Waals surface area contributed by atoms with Crippen LogP contribution in [0.15, 0.2) is 0 Å². The van der Waals surface area contributed by atoms with Gasteiger partial charge in [0.05, 0.1) is 24.8 Å². The van der Waals surface area contributed by atoms with Gasteiger partial charge in [0.1, 0.15) is 0 Å². The van der Waals surface area contributed by atoms with Gasteiger partial charge in [-0.2, -0.15) is 10.5 Å². The van der Waals surface area contributed by atoms with Crippen LogP contribution in [0.4, 0.5) is 0 Å². The normalized spacial score (nSPS) is 55.5. The largest absolute Gasteiger partial charge is 0.343 e. The van der Waals surface area contributed by atoms with Crippen molar-refractivity contribution in [2.24, 2.45) is 27.9 Å². The third-order valence-corrected chi connectivity index (χ3v) is 6.48. The lowest BCUT2D eigenvalue weighted by atomic mass is 9.73. The number of fused-ring (bicyclic) bond motifs is 4. The number of amidine groups is 1. The number of nitriles is 2. The molecule has 0 bridgehead atoms. The zero-order chi connectivity index (χ0) is 15.8. The average Bonchev–Trinajstić information content (AvgIpc) is 2.69. The zero-order valence-corrected chi connectivity index (χ0v) is 13.0. The Morgan fingerprint density at radius 1 is 1.23 bits per heavy atom. The molecule has 3 fully saturated rings. The average molecular weight is 301 g/mol. The van der Waals surface area contributed by atoms with Crippen molar-refractivity contribution in [3.05, 3.63) is 0 Å². The van der Waals surface area contributed by atoms with Crippen LogP contribution in [-0.2, 0) is 9.47 Å². The Morgan fingerprint density at radius 3 is 2.41 bits per heavy atom. The van der Waals surface area contributed by atoms with Crippen LogP contribution in [0.25, 0.3) is 0 Å². The van der Waals surface area contributed by atoms with E-state index in [1.807, 2.05) is 6.92 Å². The number of hydrogen-bond donors (Lipinski definition) is 2. The van der Waals surface area contributed by atoms with Gasteiger partial charge >= 0.3 is 5.91 Å². The highest BCUT2D eigenvalue weighted by Crippen LogP contribution is 2.86. The summed E-state index contributed by atoms with van der Waals surface area (Å²) < 4.78 is 11.9. The molecule has 4 rings (SSSR count). The fraction of sp³-hybridized carbons (Fsp3) is 0.812. The van der Waals surface area contributed by atoms with E-state index in [4.69, 9.17) is 15.2 Å². The molecule has 1 saturated heterocycles. The van der Waals surface area contributed by atoms with Crippen molar-refractivity contribution in [2.45, 2.75) is 51.5 Å². The fourth-order valence-electron chi connectivity index (χ4n) is 5.45. The summed E-state index contributed by atoms with van der Waals surface area (Å²) in [5, 5.41) is 20.1. The molecule has 4 atom stereocenters. The van der Waals surface area contributed by atoms with E-state index < -0.39 is 22.2 Å². The van der Waals surface area contributed by atoms with Crippen molar-refractivity contribution in [1.29, 1.82) is 10.5 Å². The first-order chi connectivity index (χ1) is 10.5. The first-order valence-corrected chi connectivity index (χ1v) is 8.01. The molecule has 0 amide bonds. The minimum absolute atomic E-state index is 0.125. The van der Waals surface area contributed by atoms with Gasteiger partial charge in [0.2, 0.25) is 0 Å². The van der Waals surface area contributed by atoms with Crippen LogP contribution in [0.1, 0.15) is 39.5 Å². The van der Waals surface area contributed by atoms with Crippen molar-refractivity contribution >= 4 is 5.84 Å². The first kappa shape index (κ1) is 14.0. The molecular weight excluding hydrogens is 280 g/mol. The van der Waals surface area contributed by atoms with E-state index in [1.165, 1.54) is 0 Å². The molecular formula is C16H21N4O2+. The van der Waals surface area contributed by atoms with Gasteiger partial charge in [0.15, 0.2) is 10.8 Å². The maximum Gasteiger partial charge on any atom is 0.343 e. The molecule has 2 spiro atoms. The van der Waals surface area contributed by atoms with Crippen molar-refractivity contribution in [2.75, 3.05) is 6.61 Å². The van der Waals surface area contributed by atoms with E-state index in [0.29, 0.717) is 18.4 Å². The Kier molecular flexibility index (Phi) is 2.43. The lowest BCUT2D eigenvalue weighted by Crippen LogP contribution is -2.90. The summed E-state index contributed by atoms with van der Waals surface area (Å²) in [6, 6.07) is 4.82. The van der Waals surface area contributed by atoms with Crippen LogP contribution in [-0.4, -0.2) is 24.5 Å². The molecule has 0 radical (unpaired) electrons. The smallest absolute Gasteiger partial charge is 0.311 e. The van der Waals surface area contributed by atoms with Crippen molar-refractivity contribution in [3.63, 3.8) is 0 Å². The van der Waals surface area contributed by atoms with E-state index in [-0.39, 0.29) is 6.10 Å². The van der Waals surface area contributed by atoms with Crippen molar-refractivity contribution < 1.29 is 14.5 Å². The van der Waals surface area contributed by atoms with Crippen LogP contribution in [0.2, 0.25) is 0 Å². The molecule has 2 heterocycles. The third-order valence-electron chi connectivity index (χ3n) is 6.48. The molecule has 4 aliphatic rings. The Morgan fingerprint density at radius 2 is 1.91 bits per heavy atom. The second-order valence-electron chi connectivity index (χ2n) is 7.38. The summed E-state index contributed by atoms with van der Waals surface area (Å²) in [5.41, 5.74) is 3.74. The minimum Gasteiger partial charge on any atom is -0.311 e. The van der Waals surface area contributed by atoms with E-state index >= 15 is 0 Å². The summed E-state index contributed by atoms with van der Waals surface area (Å²) in [6.45, 7) is 4.52. The Labute approximate surface area is 129 Å². The highest BCUT2D eigenvalue weighted by atomic mass is 16.8. The minimum atomic E-state index is -1.26. The van der Waals surface area contributed by atoms with Crippen LogP contribution in [0.3, 0.4) is 0 Å². The van der Waals surface area contributed by atoms with Gasteiger partial charge in [-0.1, -0.05) is 19.8 Å². The molecule has 3 N–H and O–H groups in total. The van der Waals surface area contributed by atoms with Gasteiger partial charge in [-0.3, -0.25) is 5.73 Å². The zero-order valence-electron chi connectivity index (χ0n) is 13.0. The molecule has 2 aliphatic heterocycles.